The number of hydrogen-bond donors (Lipinski definition) is 0. The van der Waals surface area contributed by atoms with Gasteiger partial charge in [-0.15, -0.1) is 0 Å². The molecule has 138 valence electrons. The van der Waals surface area contributed by atoms with Crippen molar-refractivity contribution in [1.29, 1.82) is 0 Å². The first kappa shape index (κ1) is 16.0. The highest BCUT2D eigenvalue weighted by atomic mass is 16.5. The zero-order valence-corrected chi connectivity index (χ0v) is 15.8. The van der Waals surface area contributed by atoms with Crippen molar-refractivity contribution < 1.29 is 4.74 Å². The van der Waals surface area contributed by atoms with Crippen LogP contribution in [0.25, 0.3) is 17.0 Å². The summed E-state index contributed by atoms with van der Waals surface area (Å²) in [6.45, 7) is 1.99. The van der Waals surface area contributed by atoms with Crippen molar-refractivity contribution in [3.05, 3.63) is 47.5 Å². The molecule has 0 saturated heterocycles. The monoisotopic (exact) mass is 363 g/mol. The Bertz CT molecular complexity index is 1150. The Kier molecular flexibility index (Phi) is 3.37. The van der Waals surface area contributed by atoms with Gasteiger partial charge in [-0.25, -0.2) is 4.52 Å². The first-order chi connectivity index (χ1) is 13.0. The molecule has 0 N–H and O–H groups in total. The number of methoxy groups -OCH3 is 1. The average Bonchev–Trinajstić information content (AvgIpc) is 2.96. The third-order valence-corrected chi connectivity index (χ3v) is 5.28. The summed E-state index contributed by atoms with van der Waals surface area (Å²) in [4.78, 5) is 4.48. The maximum Gasteiger partial charge on any atom is 0.216 e. The second-order valence-corrected chi connectivity index (χ2v) is 7.21. The Labute approximate surface area is 156 Å². The molecule has 5 rings (SSSR count). The van der Waals surface area contributed by atoms with E-state index in [-0.39, 0.29) is 0 Å². The van der Waals surface area contributed by atoms with E-state index in [9.17, 15) is 0 Å². The maximum absolute atomic E-state index is 5.26. The van der Waals surface area contributed by atoms with Crippen molar-refractivity contribution in [3.63, 3.8) is 0 Å². The molecule has 1 saturated carbocycles. The van der Waals surface area contributed by atoms with Gasteiger partial charge in [-0.2, -0.15) is 20.3 Å². The molecule has 0 aromatic carbocycles. The van der Waals surface area contributed by atoms with Crippen molar-refractivity contribution in [3.8, 4) is 17.3 Å². The van der Waals surface area contributed by atoms with Gasteiger partial charge in [0.05, 0.1) is 24.7 Å². The zero-order valence-electron chi connectivity index (χ0n) is 15.8. The molecule has 8 heteroatoms. The average molecular weight is 363 g/mol. The van der Waals surface area contributed by atoms with E-state index in [0.717, 1.165) is 34.8 Å². The summed E-state index contributed by atoms with van der Waals surface area (Å²) in [5.41, 5.74) is 5.99. The summed E-state index contributed by atoms with van der Waals surface area (Å²) in [7, 11) is 5.54. The fraction of sp³-hybridized carbons (Fsp3) is 0.368. The van der Waals surface area contributed by atoms with Gasteiger partial charge in [-0.3, -0.25) is 9.36 Å². The highest BCUT2D eigenvalue weighted by Gasteiger charge is 2.42. The molecule has 4 aromatic heterocycles. The lowest BCUT2D eigenvalue weighted by Gasteiger charge is -2.01. The Morgan fingerprint density at radius 3 is 2.70 bits per heavy atom. The molecular weight excluding hydrogens is 342 g/mol. The molecule has 0 bridgehead atoms. The standard InChI is InChI=1S/C19H21N7O/c1-11-5-19(27-4)21-18-8-16(23-26(11)18)17-7-15(22-25(17)3)14-6-13(14)12-9-20-24(2)10-12/h5,7-10,13-14H,6H2,1-4H3/t13-,14+/m1/s1. The molecule has 4 aromatic rings. The summed E-state index contributed by atoms with van der Waals surface area (Å²) in [5, 5.41) is 13.8. The van der Waals surface area contributed by atoms with Crippen molar-refractivity contribution in [2.24, 2.45) is 14.1 Å². The topological polar surface area (TPSA) is 75.1 Å². The van der Waals surface area contributed by atoms with Crippen molar-refractivity contribution in [1.82, 2.24) is 34.2 Å². The predicted octanol–water partition coefficient (Wildman–Crippen LogP) is 2.45. The molecule has 0 unspecified atom stereocenters. The number of nitrogens with zero attached hydrogens (tertiary/aromatic N) is 7. The fourth-order valence-corrected chi connectivity index (χ4v) is 3.76. The van der Waals surface area contributed by atoms with Crippen LogP contribution in [0, 0.1) is 6.92 Å². The minimum absolute atomic E-state index is 0.450. The van der Waals surface area contributed by atoms with Crippen LogP contribution in [-0.4, -0.2) is 41.3 Å². The highest BCUT2D eigenvalue weighted by molar-refractivity contribution is 5.62. The molecule has 0 amide bonds. The third-order valence-electron chi connectivity index (χ3n) is 5.28. The van der Waals surface area contributed by atoms with Gasteiger partial charge in [0.15, 0.2) is 5.65 Å². The van der Waals surface area contributed by atoms with E-state index in [0.29, 0.717) is 17.7 Å². The van der Waals surface area contributed by atoms with Crippen molar-refractivity contribution in [2.75, 3.05) is 7.11 Å². The Balaban J connectivity index is 1.48. The van der Waals surface area contributed by atoms with Crippen LogP contribution in [0.3, 0.4) is 0 Å². The van der Waals surface area contributed by atoms with Gasteiger partial charge in [-0.05, 0) is 30.9 Å². The molecule has 1 aliphatic carbocycles. The molecule has 4 heterocycles. The number of fused-ring (bicyclic) bond motifs is 1. The smallest absolute Gasteiger partial charge is 0.216 e. The van der Waals surface area contributed by atoms with Gasteiger partial charge in [0, 0.05) is 44.0 Å². The molecule has 8 nitrogen and oxygen atoms in total. The van der Waals surface area contributed by atoms with Crippen LogP contribution in [0.15, 0.2) is 30.6 Å². The second-order valence-electron chi connectivity index (χ2n) is 7.21. The molecule has 0 aliphatic heterocycles. The summed E-state index contributed by atoms with van der Waals surface area (Å²) in [5.74, 6) is 1.55. The number of hydrogen-bond acceptors (Lipinski definition) is 5. The van der Waals surface area contributed by atoms with Crippen LogP contribution in [-0.2, 0) is 14.1 Å². The van der Waals surface area contributed by atoms with Crippen LogP contribution in [0.4, 0.5) is 0 Å². The molecular formula is C19H21N7O. The maximum atomic E-state index is 5.26. The molecule has 0 spiro atoms. The lowest BCUT2D eigenvalue weighted by atomic mass is 10.1. The van der Waals surface area contributed by atoms with Gasteiger partial charge in [0.1, 0.15) is 5.69 Å². The third kappa shape index (κ3) is 2.59. The van der Waals surface area contributed by atoms with Gasteiger partial charge in [-0.1, -0.05) is 0 Å². The minimum Gasteiger partial charge on any atom is -0.481 e. The molecule has 1 aliphatic rings. The Morgan fingerprint density at radius 1 is 1.11 bits per heavy atom. The minimum atomic E-state index is 0.450. The molecule has 27 heavy (non-hydrogen) atoms. The van der Waals surface area contributed by atoms with E-state index in [4.69, 9.17) is 14.9 Å². The predicted molar refractivity (Wildman–Crippen MR) is 99.8 cm³/mol. The largest absolute Gasteiger partial charge is 0.481 e. The summed E-state index contributed by atoms with van der Waals surface area (Å²) in [6.07, 6.45) is 5.17. The molecule has 2 atom stereocenters. The summed E-state index contributed by atoms with van der Waals surface area (Å²) in [6, 6.07) is 6.00. The molecule has 0 radical (unpaired) electrons. The first-order valence-electron chi connectivity index (χ1n) is 8.98. The molecule has 1 fully saturated rings. The van der Waals surface area contributed by atoms with E-state index in [1.165, 1.54) is 5.56 Å². The highest BCUT2D eigenvalue weighted by Crippen LogP contribution is 2.54. The van der Waals surface area contributed by atoms with E-state index >= 15 is 0 Å². The number of ether oxygens (including phenoxy) is 1. The van der Waals surface area contributed by atoms with E-state index < -0.39 is 0 Å². The zero-order chi connectivity index (χ0) is 18.7. The van der Waals surface area contributed by atoms with Gasteiger partial charge in [0.25, 0.3) is 0 Å². The van der Waals surface area contributed by atoms with Crippen LogP contribution < -0.4 is 4.74 Å². The normalized spacial score (nSPS) is 19.0. The van der Waals surface area contributed by atoms with Crippen LogP contribution >= 0.6 is 0 Å². The van der Waals surface area contributed by atoms with E-state index in [2.05, 4.69) is 22.3 Å². The quantitative estimate of drug-likeness (QED) is 0.557. The van der Waals surface area contributed by atoms with E-state index in [1.54, 1.807) is 7.11 Å². The lowest BCUT2D eigenvalue weighted by molar-refractivity contribution is 0.397. The van der Waals surface area contributed by atoms with Crippen molar-refractivity contribution in [2.45, 2.75) is 25.2 Å². The van der Waals surface area contributed by atoms with Gasteiger partial charge >= 0.3 is 0 Å². The van der Waals surface area contributed by atoms with Crippen LogP contribution in [0.2, 0.25) is 0 Å². The van der Waals surface area contributed by atoms with Gasteiger partial charge < -0.3 is 4.74 Å². The lowest BCUT2D eigenvalue weighted by Crippen LogP contribution is -1.98. The number of rotatable bonds is 4. The van der Waals surface area contributed by atoms with Gasteiger partial charge in [0.2, 0.25) is 5.88 Å². The first-order valence-corrected chi connectivity index (χ1v) is 8.98. The second kappa shape index (κ2) is 5.67. The Morgan fingerprint density at radius 2 is 1.96 bits per heavy atom. The fourth-order valence-electron chi connectivity index (χ4n) is 3.76. The number of aromatic nitrogens is 7. The van der Waals surface area contributed by atoms with Crippen molar-refractivity contribution >= 4 is 5.65 Å². The van der Waals surface area contributed by atoms with Crippen LogP contribution in [0.5, 0.6) is 5.88 Å². The SMILES string of the molecule is COc1cc(C)n2nc(-c3cc([C@H]4C[C@@H]4c4cnn(C)c4)nn3C)cc2n1. The Hall–Kier alpha value is -3.16. The summed E-state index contributed by atoms with van der Waals surface area (Å²) >= 11 is 0. The number of aryl methyl sites for hydroxylation is 3. The summed E-state index contributed by atoms with van der Waals surface area (Å²) < 4.78 is 10.9. The van der Waals surface area contributed by atoms with Crippen LogP contribution in [0.1, 0.15) is 35.2 Å². The van der Waals surface area contributed by atoms with E-state index in [1.807, 2.05) is 53.2 Å².